The molecule has 0 unspecified atom stereocenters. The van der Waals surface area contributed by atoms with Gasteiger partial charge in [0, 0.05) is 19.7 Å². The molecule has 1 aromatic rings. The number of rotatable bonds is 1. The number of aryl methyl sites for hydroxylation is 1. The van der Waals surface area contributed by atoms with E-state index in [1.165, 1.54) is 0 Å². The summed E-state index contributed by atoms with van der Waals surface area (Å²) in [7, 11) is 2.07. The van der Waals surface area contributed by atoms with Gasteiger partial charge in [-0.05, 0) is 13.3 Å². The zero-order valence-electron chi connectivity index (χ0n) is 7.37. The third-order valence-electron chi connectivity index (χ3n) is 2.09. The Morgan fingerprint density at radius 3 is 2.92 bits per heavy atom. The molecule has 2 heterocycles. The minimum atomic E-state index is 0.882. The summed E-state index contributed by atoms with van der Waals surface area (Å²) in [4.78, 5) is 2.18. The fourth-order valence-corrected chi connectivity index (χ4v) is 1.44. The third kappa shape index (κ3) is 1.11. The largest absolute Gasteiger partial charge is 0.371 e. The first-order valence-corrected chi connectivity index (χ1v) is 4.12. The Bertz CT molecular complexity index is 314. The van der Waals surface area contributed by atoms with Crippen LogP contribution < -0.4 is 0 Å². The Morgan fingerprint density at radius 2 is 2.42 bits per heavy atom. The number of hydrogen-bond acceptors (Lipinski definition) is 3. The van der Waals surface area contributed by atoms with Gasteiger partial charge in [-0.25, -0.2) is 0 Å². The summed E-state index contributed by atoms with van der Waals surface area (Å²) >= 11 is 0. The van der Waals surface area contributed by atoms with Gasteiger partial charge in [0.1, 0.15) is 0 Å². The predicted octanol–water partition coefficient (Wildman–Crippen LogP) is 1.66. The highest BCUT2D eigenvalue weighted by Gasteiger charge is 2.15. The fourth-order valence-electron chi connectivity index (χ4n) is 1.44. The van der Waals surface area contributed by atoms with E-state index in [1.807, 2.05) is 13.0 Å². The van der Waals surface area contributed by atoms with E-state index in [0.29, 0.717) is 0 Å². The van der Waals surface area contributed by atoms with Crippen LogP contribution in [0.25, 0.3) is 5.70 Å². The molecule has 0 radical (unpaired) electrons. The molecule has 12 heavy (non-hydrogen) atoms. The van der Waals surface area contributed by atoms with Gasteiger partial charge in [-0.1, -0.05) is 11.2 Å². The van der Waals surface area contributed by atoms with Crippen LogP contribution in [0.1, 0.15) is 17.9 Å². The molecule has 1 aliphatic rings. The summed E-state index contributed by atoms with van der Waals surface area (Å²) in [6.07, 6.45) is 3.28. The molecule has 0 atom stereocenters. The van der Waals surface area contributed by atoms with E-state index in [9.17, 15) is 0 Å². The van der Waals surface area contributed by atoms with Crippen LogP contribution in [-0.2, 0) is 0 Å². The maximum Gasteiger partial charge on any atom is 0.182 e. The smallest absolute Gasteiger partial charge is 0.182 e. The van der Waals surface area contributed by atoms with Gasteiger partial charge >= 0.3 is 0 Å². The molecule has 0 saturated carbocycles. The molecular weight excluding hydrogens is 152 g/mol. The van der Waals surface area contributed by atoms with Crippen molar-refractivity contribution in [3.8, 4) is 0 Å². The van der Waals surface area contributed by atoms with Gasteiger partial charge in [0.15, 0.2) is 5.76 Å². The normalized spacial score (nSPS) is 16.8. The van der Waals surface area contributed by atoms with Crippen molar-refractivity contribution >= 4 is 5.70 Å². The van der Waals surface area contributed by atoms with Gasteiger partial charge in [-0.15, -0.1) is 0 Å². The second kappa shape index (κ2) is 2.66. The lowest BCUT2D eigenvalue weighted by atomic mass is 10.3. The Balaban J connectivity index is 2.30. The lowest BCUT2D eigenvalue weighted by molar-refractivity contribution is 0.390. The van der Waals surface area contributed by atoms with Crippen LogP contribution in [-0.4, -0.2) is 23.6 Å². The van der Waals surface area contributed by atoms with Crippen molar-refractivity contribution in [3.05, 3.63) is 23.6 Å². The average molecular weight is 164 g/mol. The summed E-state index contributed by atoms with van der Waals surface area (Å²) < 4.78 is 5.16. The molecule has 0 amide bonds. The van der Waals surface area contributed by atoms with Crippen molar-refractivity contribution in [1.82, 2.24) is 10.1 Å². The van der Waals surface area contributed by atoms with Crippen molar-refractivity contribution in [1.29, 1.82) is 0 Å². The van der Waals surface area contributed by atoms with Gasteiger partial charge in [0.25, 0.3) is 0 Å². The second-order valence-corrected chi connectivity index (χ2v) is 3.13. The number of nitrogens with zero attached hydrogens (tertiary/aromatic N) is 2. The monoisotopic (exact) mass is 164 g/mol. The minimum Gasteiger partial charge on any atom is -0.371 e. The van der Waals surface area contributed by atoms with Gasteiger partial charge in [-0.3, -0.25) is 0 Å². The zero-order chi connectivity index (χ0) is 8.55. The van der Waals surface area contributed by atoms with Crippen LogP contribution in [0.4, 0.5) is 0 Å². The van der Waals surface area contributed by atoms with E-state index >= 15 is 0 Å². The van der Waals surface area contributed by atoms with Crippen molar-refractivity contribution in [2.45, 2.75) is 13.3 Å². The summed E-state index contributed by atoms with van der Waals surface area (Å²) in [6.45, 7) is 3.01. The van der Waals surface area contributed by atoms with Crippen LogP contribution in [0.2, 0.25) is 0 Å². The van der Waals surface area contributed by atoms with Crippen molar-refractivity contribution in [2.24, 2.45) is 0 Å². The van der Waals surface area contributed by atoms with Crippen molar-refractivity contribution in [2.75, 3.05) is 13.6 Å². The summed E-state index contributed by atoms with van der Waals surface area (Å²) in [5, 5.41) is 3.85. The summed E-state index contributed by atoms with van der Waals surface area (Å²) in [6, 6.07) is 1.97. The molecule has 3 heteroatoms. The quantitative estimate of drug-likeness (QED) is 0.632. The Labute approximate surface area is 71.7 Å². The van der Waals surface area contributed by atoms with Crippen LogP contribution >= 0.6 is 0 Å². The first kappa shape index (κ1) is 7.40. The van der Waals surface area contributed by atoms with Crippen molar-refractivity contribution < 1.29 is 4.52 Å². The molecule has 1 aliphatic heterocycles. The number of hydrogen-bond donors (Lipinski definition) is 0. The highest BCUT2D eigenvalue weighted by atomic mass is 16.5. The predicted molar refractivity (Wildman–Crippen MR) is 46.5 cm³/mol. The highest BCUT2D eigenvalue weighted by molar-refractivity contribution is 5.61. The molecule has 0 fully saturated rings. The van der Waals surface area contributed by atoms with Crippen LogP contribution in [0.15, 0.2) is 16.7 Å². The minimum absolute atomic E-state index is 0.882. The van der Waals surface area contributed by atoms with E-state index < -0.39 is 0 Å². The average Bonchev–Trinajstić information content (AvgIpc) is 2.58. The fraction of sp³-hybridized carbons (Fsp3) is 0.444. The maximum atomic E-state index is 5.16. The molecule has 0 aromatic carbocycles. The lowest BCUT2D eigenvalue weighted by Crippen LogP contribution is -2.11. The first-order chi connectivity index (χ1) is 5.77. The molecule has 1 aromatic heterocycles. The standard InChI is InChI=1S/C9H12N2O/c1-7-6-9(12-10-7)8-4-3-5-11(8)2/h4,6H,3,5H2,1-2H3. The highest BCUT2D eigenvalue weighted by Crippen LogP contribution is 2.23. The topological polar surface area (TPSA) is 29.3 Å². The molecule has 0 N–H and O–H groups in total. The van der Waals surface area contributed by atoms with Crippen LogP contribution in [0.5, 0.6) is 0 Å². The molecule has 2 rings (SSSR count). The number of aromatic nitrogens is 1. The van der Waals surface area contributed by atoms with Crippen molar-refractivity contribution in [3.63, 3.8) is 0 Å². The Morgan fingerprint density at radius 1 is 1.58 bits per heavy atom. The zero-order valence-corrected chi connectivity index (χ0v) is 7.37. The molecule has 64 valence electrons. The molecule has 3 nitrogen and oxygen atoms in total. The molecule has 0 spiro atoms. The SMILES string of the molecule is Cc1cc(C2=CCCN2C)on1. The maximum absolute atomic E-state index is 5.16. The van der Waals surface area contributed by atoms with E-state index in [1.54, 1.807) is 0 Å². The van der Waals surface area contributed by atoms with Crippen LogP contribution in [0.3, 0.4) is 0 Å². The van der Waals surface area contributed by atoms with Gasteiger partial charge < -0.3 is 9.42 Å². The van der Waals surface area contributed by atoms with E-state index in [2.05, 4.69) is 23.2 Å². The second-order valence-electron chi connectivity index (χ2n) is 3.13. The van der Waals surface area contributed by atoms with Gasteiger partial charge in [-0.2, -0.15) is 0 Å². The third-order valence-corrected chi connectivity index (χ3v) is 2.09. The van der Waals surface area contributed by atoms with Gasteiger partial charge in [0.05, 0.1) is 11.4 Å². The van der Waals surface area contributed by atoms with E-state index in [-0.39, 0.29) is 0 Å². The molecule has 0 aliphatic carbocycles. The lowest BCUT2D eigenvalue weighted by Gasteiger charge is -2.12. The molecular formula is C9H12N2O. The van der Waals surface area contributed by atoms with E-state index in [0.717, 1.165) is 30.1 Å². The Kier molecular flexibility index (Phi) is 1.64. The van der Waals surface area contributed by atoms with Crippen LogP contribution in [0, 0.1) is 6.92 Å². The molecule has 0 saturated heterocycles. The summed E-state index contributed by atoms with van der Waals surface area (Å²) in [5.74, 6) is 0.882. The van der Waals surface area contributed by atoms with Gasteiger partial charge in [0.2, 0.25) is 0 Å². The Hall–Kier alpha value is -1.25. The summed E-state index contributed by atoms with van der Waals surface area (Å²) in [5.41, 5.74) is 2.10. The first-order valence-electron chi connectivity index (χ1n) is 4.12. The van der Waals surface area contributed by atoms with E-state index in [4.69, 9.17) is 4.52 Å². The molecule has 0 bridgehead atoms.